The van der Waals surface area contributed by atoms with E-state index in [1.807, 2.05) is 0 Å². The van der Waals surface area contributed by atoms with Crippen molar-refractivity contribution >= 4 is 5.69 Å². The fraction of sp³-hybridized carbons (Fsp3) is 0.562. The quantitative estimate of drug-likeness (QED) is 0.864. The van der Waals surface area contributed by atoms with E-state index in [1.54, 1.807) is 6.07 Å². The standard InChI is InChI=1S/C16H18F3N3O2/c17-16(18,19)12-7-11(2-1-10(12)9-20)22-14-3-4-15(8-13(14)21)23-5-6-24-15/h1-2,7,13-14,22H,3-6,8,21H2. The van der Waals surface area contributed by atoms with Crippen molar-refractivity contribution in [1.29, 1.82) is 5.26 Å². The van der Waals surface area contributed by atoms with Crippen molar-refractivity contribution < 1.29 is 22.6 Å². The van der Waals surface area contributed by atoms with E-state index >= 15 is 0 Å². The summed E-state index contributed by atoms with van der Waals surface area (Å²) in [5.41, 5.74) is 5.12. The lowest BCUT2D eigenvalue weighted by molar-refractivity contribution is -0.180. The molecule has 8 heteroatoms. The zero-order valence-electron chi connectivity index (χ0n) is 12.9. The Morgan fingerprint density at radius 3 is 2.58 bits per heavy atom. The van der Waals surface area contributed by atoms with Crippen LogP contribution in [0.15, 0.2) is 18.2 Å². The molecular formula is C16H18F3N3O2. The van der Waals surface area contributed by atoms with Crippen molar-refractivity contribution in [2.45, 2.75) is 43.3 Å². The molecule has 0 bridgehead atoms. The number of nitrogens with two attached hydrogens (primary N) is 1. The summed E-state index contributed by atoms with van der Waals surface area (Å²) < 4.78 is 50.4. The number of rotatable bonds is 2. The Morgan fingerprint density at radius 1 is 1.29 bits per heavy atom. The predicted octanol–water partition coefficient (Wildman–Crippen LogP) is 2.61. The topological polar surface area (TPSA) is 80.3 Å². The Balaban J connectivity index is 1.74. The van der Waals surface area contributed by atoms with Gasteiger partial charge in [0, 0.05) is 30.6 Å². The largest absolute Gasteiger partial charge is 0.417 e. The van der Waals surface area contributed by atoms with Gasteiger partial charge in [0.1, 0.15) is 0 Å². The Hall–Kier alpha value is -1.82. The summed E-state index contributed by atoms with van der Waals surface area (Å²) >= 11 is 0. The molecule has 2 unspecified atom stereocenters. The van der Waals surface area contributed by atoms with Gasteiger partial charge in [0.25, 0.3) is 0 Å². The molecule has 1 saturated heterocycles. The Kier molecular flexibility index (Phi) is 4.42. The van der Waals surface area contributed by atoms with Gasteiger partial charge in [0.15, 0.2) is 5.79 Å². The van der Waals surface area contributed by atoms with Gasteiger partial charge in [-0.15, -0.1) is 0 Å². The third-order valence-corrected chi connectivity index (χ3v) is 4.51. The van der Waals surface area contributed by atoms with Crippen LogP contribution in [0.5, 0.6) is 0 Å². The van der Waals surface area contributed by atoms with Crippen molar-refractivity contribution in [1.82, 2.24) is 0 Å². The van der Waals surface area contributed by atoms with E-state index in [1.165, 1.54) is 12.1 Å². The molecule has 3 rings (SSSR count). The van der Waals surface area contributed by atoms with Crippen molar-refractivity contribution in [3.05, 3.63) is 29.3 Å². The molecular weight excluding hydrogens is 323 g/mol. The molecule has 1 aromatic rings. The molecule has 24 heavy (non-hydrogen) atoms. The number of hydrogen-bond donors (Lipinski definition) is 2. The number of halogens is 3. The Morgan fingerprint density at radius 2 is 2.00 bits per heavy atom. The molecule has 130 valence electrons. The lowest BCUT2D eigenvalue weighted by Gasteiger charge is -2.40. The third kappa shape index (κ3) is 3.34. The van der Waals surface area contributed by atoms with Crippen LogP contribution in [-0.2, 0) is 15.7 Å². The lowest BCUT2D eigenvalue weighted by Crippen LogP contribution is -2.52. The average molecular weight is 341 g/mol. The number of nitrogens with one attached hydrogen (secondary N) is 1. The molecule has 1 saturated carbocycles. The van der Waals surface area contributed by atoms with E-state index in [9.17, 15) is 13.2 Å². The van der Waals surface area contributed by atoms with Crippen LogP contribution in [0.25, 0.3) is 0 Å². The number of nitriles is 1. The van der Waals surface area contributed by atoms with Crippen LogP contribution in [0.1, 0.15) is 30.4 Å². The first-order valence-electron chi connectivity index (χ1n) is 7.74. The van der Waals surface area contributed by atoms with Gasteiger partial charge in [-0.25, -0.2) is 0 Å². The molecule has 0 amide bonds. The number of anilines is 1. The molecule has 2 fully saturated rings. The van der Waals surface area contributed by atoms with Gasteiger partial charge in [0.2, 0.25) is 0 Å². The van der Waals surface area contributed by atoms with E-state index < -0.39 is 23.1 Å². The molecule has 1 aliphatic heterocycles. The summed E-state index contributed by atoms with van der Waals surface area (Å²) in [5.74, 6) is -0.639. The third-order valence-electron chi connectivity index (χ3n) is 4.51. The smallest absolute Gasteiger partial charge is 0.381 e. The second kappa shape index (κ2) is 6.24. The maximum absolute atomic E-state index is 13.0. The minimum Gasteiger partial charge on any atom is -0.381 e. The highest BCUT2D eigenvalue weighted by atomic mass is 19.4. The first kappa shape index (κ1) is 17.0. The Labute approximate surface area is 137 Å². The minimum atomic E-state index is -4.58. The minimum absolute atomic E-state index is 0.183. The highest BCUT2D eigenvalue weighted by Crippen LogP contribution is 2.37. The number of nitrogens with zero attached hydrogens (tertiary/aromatic N) is 1. The van der Waals surface area contributed by atoms with Gasteiger partial charge in [-0.3, -0.25) is 0 Å². The highest BCUT2D eigenvalue weighted by Gasteiger charge is 2.44. The van der Waals surface area contributed by atoms with Crippen LogP contribution < -0.4 is 11.1 Å². The molecule has 1 aromatic carbocycles. The SMILES string of the molecule is N#Cc1ccc(NC2CCC3(CC2N)OCCO3)cc1C(F)(F)F. The summed E-state index contributed by atoms with van der Waals surface area (Å²) in [6.07, 6.45) is -2.82. The highest BCUT2D eigenvalue weighted by molar-refractivity contribution is 5.53. The van der Waals surface area contributed by atoms with Crippen LogP contribution in [0.4, 0.5) is 18.9 Å². The second-order valence-electron chi connectivity index (χ2n) is 6.14. The zero-order chi connectivity index (χ0) is 17.4. The van der Waals surface area contributed by atoms with E-state index in [0.29, 0.717) is 38.2 Å². The van der Waals surface area contributed by atoms with E-state index in [4.69, 9.17) is 20.5 Å². The summed E-state index contributed by atoms with van der Waals surface area (Å²) in [6, 6.07) is 4.68. The molecule has 2 aliphatic rings. The molecule has 2 atom stereocenters. The lowest BCUT2D eigenvalue weighted by atomic mass is 9.86. The van der Waals surface area contributed by atoms with Gasteiger partial charge < -0.3 is 20.5 Å². The molecule has 0 radical (unpaired) electrons. The molecule has 0 aromatic heterocycles. The van der Waals surface area contributed by atoms with E-state index in [-0.39, 0.29) is 12.1 Å². The van der Waals surface area contributed by atoms with Crippen LogP contribution in [0, 0.1) is 11.3 Å². The summed E-state index contributed by atoms with van der Waals surface area (Å²) in [5, 5.41) is 11.9. The van der Waals surface area contributed by atoms with Crippen LogP contribution in [0.2, 0.25) is 0 Å². The van der Waals surface area contributed by atoms with Gasteiger partial charge in [-0.05, 0) is 24.6 Å². The normalized spacial score (nSPS) is 26.3. The van der Waals surface area contributed by atoms with Crippen molar-refractivity contribution in [2.75, 3.05) is 18.5 Å². The fourth-order valence-corrected chi connectivity index (χ4v) is 3.31. The molecule has 3 N–H and O–H groups in total. The number of benzene rings is 1. The van der Waals surface area contributed by atoms with Crippen molar-refractivity contribution in [2.24, 2.45) is 5.73 Å². The molecule has 1 heterocycles. The number of hydrogen-bond acceptors (Lipinski definition) is 5. The van der Waals surface area contributed by atoms with Crippen molar-refractivity contribution in [3.8, 4) is 6.07 Å². The Bertz CT molecular complexity index is 651. The van der Waals surface area contributed by atoms with Crippen LogP contribution in [0.3, 0.4) is 0 Å². The zero-order valence-corrected chi connectivity index (χ0v) is 12.9. The first-order valence-corrected chi connectivity index (χ1v) is 7.74. The van der Waals surface area contributed by atoms with E-state index in [0.717, 1.165) is 6.07 Å². The van der Waals surface area contributed by atoms with Crippen molar-refractivity contribution in [3.63, 3.8) is 0 Å². The number of alkyl halides is 3. The first-order chi connectivity index (χ1) is 11.3. The molecule has 1 aliphatic carbocycles. The predicted molar refractivity (Wildman–Crippen MR) is 80.0 cm³/mol. The monoisotopic (exact) mass is 341 g/mol. The summed E-state index contributed by atoms with van der Waals surface area (Å²) in [6.45, 7) is 1.07. The summed E-state index contributed by atoms with van der Waals surface area (Å²) in [7, 11) is 0. The maximum Gasteiger partial charge on any atom is 0.417 e. The average Bonchev–Trinajstić information content (AvgIpc) is 2.97. The van der Waals surface area contributed by atoms with E-state index in [2.05, 4.69) is 5.32 Å². The molecule has 1 spiro atoms. The van der Waals surface area contributed by atoms with Gasteiger partial charge in [-0.1, -0.05) is 0 Å². The van der Waals surface area contributed by atoms with Gasteiger partial charge >= 0.3 is 6.18 Å². The fourth-order valence-electron chi connectivity index (χ4n) is 3.31. The van der Waals surface area contributed by atoms with Gasteiger partial charge in [0.05, 0.1) is 30.4 Å². The van der Waals surface area contributed by atoms with Crippen LogP contribution >= 0.6 is 0 Å². The number of ether oxygens (including phenoxy) is 2. The second-order valence-corrected chi connectivity index (χ2v) is 6.14. The van der Waals surface area contributed by atoms with Gasteiger partial charge in [-0.2, -0.15) is 18.4 Å². The van der Waals surface area contributed by atoms with Crippen LogP contribution in [-0.4, -0.2) is 31.1 Å². The maximum atomic E-state index is 13.0. The summed E-state index contributed by atoms with van der Waals surface area (Å²) in [4.78, 5) is 0. The molecule has 5 nitrogen and oxygen atoms in total.